The Morgan fingerprint density at radius 2 is 1.39 bits per heavy atom. The number of ether oxygens (including phenoxy) is 2. The van der Waals surface area contributed by atoms with E-state index >= 15 is 0 Å². The number of Topliss-reactive ketones (excluding diaryl/α,β-unsaturated/α-hetero) is 2. The Morgan fingerprint density at radius 1 is 0.829 bits per heavy atom. The molecule has 0 radical (unpaired) electrons. The number of allylic oxidation sites excluding steroid dienone is 4. The van der Waals surface area contributed by atoms with Crippen LogP contribution in [0.4, 0.5) is 0 Å². The minimum Gasteiger partial charge on any atom is -0.490 e. The van der Waals surface area contributed by atoms with Crippen molar-refractivity contribution in [1.82, 2.24) is 4.90 Å². The van der Waals surface area contributed by atoms with Crippen molar-refractivity contribution in [1.29, 1.82) is 0 Å². The molecule has 2 aromatic rings. The maximum absolute atomic E-state index is 14.0. The van der Waals surface area contributed by atoms with Gasteiger partial charge in [-0.3, -0.25) is 9.59 Å². The summed E-state index contributed by atoms with van der Waals surface area (Å²) in [6.45, 7) is 14.3. The lowest BCUT2D eigenvalue weighted by Crippen LogP contribution is -2.44. The van der Waals surface area contributed by atoms with Crippen LogP contribution in [-0.2, 0) is 16.2 Å². The fraction of sp³-hybridized carbons (Fsp3) is 0.471. The predicted octanol–water partition coefficient (Wildman–Crippen LogP) is 8.89. The molecule has 1 heterocycles. The highest BCUT2D eigenvalue weighted by molar-refractivity contribution is 9.10. The lowest BCUT2D eigenvalue weighted by atomic mass is 9.63. The van der Waals surface area contributed by atoms with Gasteiger partial charge in [0.2, 0.25) is 0 Å². The summed E-state index contributed by atoms with van der Waals surface area (Å²) in [7, 11) is 0. The molecule has 3 aliphatic rings. The van der Waals surface area contributed by atoms with Crippen LogP contribution in [0.25, 0.3) is 0 Å². The standard InChI is InChI=1S/C34H39Br2NO4/c1-7-37-24-15-33(3,4)17-26(38)30(24)29(31-25(37)16-34(5,6)18-27(31)39)21-13-23(36)32(28(14-21)40-8-2)41-19-20-9-11-22(35)12-10-20/h9-14,29H,7-8,15-19H2,1-6H3. The second-order valence-electron chi connectivity index (χ2n) is 13.0. The lowest BCUT2D eigenvalue weighted by Gasteiger charge is -2.49. The van der Waals surface area contributed by atoms with Gasteiger partial charge in [-0.25, -0.2) is 0 Å². The number of carbonyl (C=O) groups is 2. The predicted molar refractivity (Wildman–Crippen MR) is 169 cm³/mol. The fourth-order valence-corrected chi connectivity index (χ4v) is 7.50. The Labute approximate surface area is 260 Å². The average molecular weight is 685 g/mol. The van der Waals surface area contributed by atoms with E-state index in [2.05, 4.69) is 71.4 Å². The van der Waals surface area contributed by atoms with Crippen molar-refractivity contribution in [3.63, 3.8) is 0 Å². The first-order valence-electron chi connectivity index (χ1n) is 14.5. The van der Waals surface area contributed by atoms with E-state index in [1.807, 2.05) is 43.3 Å². The van der Waals surface area contributed by atoms with Crippen molar-refractivity contribution in [2.75, 3.05) is 13.2 Å². The second kappa shape index (κ2) is 11.4. The van der Waals surface area contributed by atoms with Gasteiger partial charge in [0.1, 0.15) is 6.61 Å². The number of hydrogen-bond donors (Lipinski definition) is 0. The molecule has 2 aromatic carbocycles. The highest BCUT2D eigenvalue weighted by atomic mass is 79.9. The van der Waals surface area contributed by atoms with Gasteiger partial charge in [-0.05, 0) is 88.8 Å². The molecule has 5 rings (SSSR count). The van der Waals surface area contributed by atoms with Gasteiger partial charge < -0.3 is 14.4 Å². The van der Waals surface area contributed by atoms with E-state index < -0.39 is 5.92 Å². The number of ketones is 2. The van der Waals surface area contributed by atoms with Crippen LogP contribution in [0.1, 0.15) is 84.3 Å². The first-order valence-corrected chi connectivity index (χ1v) is 16.1. The zero-order chi connectivity index (χ0) is 29.7. The third-order valence-corrected chi connectivity index (χ3v) is 9.42. The normalized spacial score (nSPS) is 20.2. The summed E-state index contributed by atoms with van der Waals surface area (Å²) in [5, 5.41) is 0. The van der Waals surface area contributed by atoms with Gasteiger partial charge in [0.25, 0.3) is 0 Å². The van der Waals surface area contributed by atoms with Crippen molar-refractivity contribution in [2.45, 2.75) is 79.8 Å². The summed E-state index contributed by atoms with van der Waals surface area (Å²) in [6, 6.07) is 12.0. The second-order valence-corrected chi connectivity index (χ2v) is 14.7. The van der Waals surface area contributed by atoms with E-state index in [1.54, 1.807) is 0 Å². The van der Waals surface area contributed by atoms with Gasteiger partial charge in [-0.15, -0.1) is 0 Å². The molecule has 0 bridgehead atoms. The summed E-state index contributed by atoms with van der Waals surface area (Å²) in [5.74, 6) is 1.05. The van der Waals surface area contributed by atoms with Crippen LogP contribution in [0.2, 0.25) is 0 Å². The maximum atomic E-state index is 14.0. The topological polar surface area (TPSA) is 55.8 Å². The van der Waals surface area contributed by atoms with Crippen LogP contribution < -0.4 is 9.47 Å². The third kappa shape index (κ3) is 5.94. The molecule has 41 heavy (non-hydrogen) atoms. The Hall–Kier alpha value is -2.38. The Kier molecular flexibility index (Phi) is 8.34. The monoisotopic (exact) mass is 683 g/mol. The van der Waals surface area contributed by atoms with E-state index in [0.29, 0.717) is 37.6 Å². The molecule has 218 valence electrons. The number of hydrogen-bond acceptors (Lipinski definition) is 5. The average Bonchev–Trinajstić information content (AvgIpc) is 2.87. The molecule has 0 amide bonds. The third-order valence-electron chi connectivity index (χ3n) is 8.30. The van der Waals surface area contributed by atoms with E-state index in [0.717, 1.165) is 62.0 Å². The van der Waals surface area contributed by atoms with E-state index in [-0.39, 0.29) is 22.4 Å². The smallest absolute Gasteiger partial charge is 0.175 e. The summed E-state index contributed by atoms with van der Waals surface area (Å²) in [6.07, 6.45) is 2.54. The summed E-state index contributed by atoms with van der Waals surface area (Å²) in [4.78, 5) is 30.2. The molecule has 0 atom stereocenters. The quantitative estimate of drug-likeness (QED) is 0.292. The highest BCUT2D eigenvalue weighted by Crippen LogP contribution is 2.55. The van der Waals surface area contributed by atoms with Gasteiger partial charge in [0, 0.05) is 52.3 Å². The van der Waals surface area contributed by atoms with Crippen LogP contribution in [0, 0.1) is 10.8 Å². The summed E-state index contributed by atoms with van der Waals surface area (Å²) < 4.78 is 14.2. The zero-order valence-electron chi connectivity index (χ0n) is 24.8. The summed E-state index contributed by atoms with van der Waals surface area (Å²) in [5.41, 5.74) is 5.35. The SMILES string of the molecule is CCOc1cc(C2C3=C(CC(C)(C)CC3=O)N(CC)C3=C2C(=O)CC(C)(C)C3)cc(Br)c1OCc1ccc(Br)cc1. The molecule has 0 spiro atoms. The molecular formula is C34H39Br2NO4. The van der Waals surface area contributed by atoms with Crippen molar-refractivity contribution in [2.24, 2.45) is 10.8 Å². The van der Waals surface area contributed by atoms with Gasteiger partial charge in [0.15, 0.2) is 23.1 Å². The maximum Gasteiger partial charge on any atom is 0.175 e. The van der Waals surface area contributed by atoms with Crippen molar-refractivity contribution >= 4 is 43.4 Å². The van der Waals surface area contributed by atoms with Crippen molar-refractivity contribution < 1.29 is 19.1 Å². The molecule has 0 aromatic heterocycles. The van der Waals surface area contributed by atoms with Gasteiger partial charge >= 0.3 is 0 Å². The molecule has 5 nitrogen and oxygen atoms in total. The van der Waals surface area contributed by atoms with Gasteiger partial charge in [0.05, 0.1) is 11.1 Å². The number of carbonyl (C=O) groups excluding carboxylic acids is 2. The molecule has 1 aliphatic heterocycles. The van der Waals surface area contributed by atoms with Crippen LogP contribution in [-0.4, -0.2) is 29.6 Å². The molecule has 2 aliphatic carbocycles. The van der Waals surface area contributed by atoms with Crippen LogP contribution >= 0.6 is 31.9 Å². The van der Waals surface area contributed by atoms with E-state index in [9.17, 15) is 9.59 Å². The first-order chi connectivity index (χ1) is 19.3. The van der Waals surface area contributed by atoms with E-state index in [4.69, 9.17) is 9.47 Å². The number of rotatable bonds is 7. The van der Waals surface area contributed by atoms with Gasteiger partial charge in [-0.1, -0.05) is 55.8 Å². The molecule has 0 unspecified atom stereocenters. The molecule has 0 N–H and O–H groups in total. The first kappa shape index (κ1) is 30.1. The molecular weight excluding hydrogens is 646 g/mol. The van der Waals surface area contributed by atoms with E-state index in [1.165, 1.54) is 0 Å². The highest BCUT2D eigenvalue weighted by Gasteiger charge is 2.48. The fourth-order valence-electron chi connectivity index (χ4n) is 6.66. The summed E-state index contributed by atoms with van der Waals surface area (Å²) >= 11 is 7.24. The number of halogens is 2. The Morgan fingerprint density at radius 3 is 1.90 bits per heavy atom. The number of benzene rings is 2. The largest absolute Gasteiger partial charge is 0.490 e. The van der Waals surface area contributed by atoms with Crippen molar-refractivity contribution in [3.05, 3.63) is 79.0 Å². The number of nitrogens with zero attached hydrogens (tertiary/aromatic N) is 1. The molecule has 0 saturated heterocycles. The lowest BCUT2D eigenvalue weighted by molar-refractivity contribution is -0.119. The minimum atomic E-state index is -0.425. The van der Waals surface area contributed by atoms with Crippen molar-refractivity contribution in [3.8, 4) is 11.5 Å². The molecule has 0 fully saturated rings. The zero-order valence-corrected chi connectivity index (χ0v) is 28.0. The Balaban J connectivity index is 1.65. The Bertz CT molecular complexity index is 1400. The molecule has 0 saturated carbocycles. The van der Waals surface area contributed by atoms with Crippen LogP contribution in [0.5, 0.6) is 11.5 Å². The van der Waals surface area contributed by atoms with Crippen LogP contribution in [0.15, 0.2) is 67.9 Å². The van der Waals surface area contributed by atoms with Crippen LogP contribution in [0.3, 0.4) is 0 Å². The minimum absolute atomic E-state index is 0.133. The van der Waals surface area contributed by atoms with Gasteiger partial charge in [-0.2, -0.15) is 0 Å². The molecule has 7 heteroatoms.